The van der Waals surface area contributed by atoms with Gasteiger partial charge >= 0.3 is 10.4 Å². The Bertz CT molecular complexity index is 1040. The molecule has 0 saturated carbocycles. The summed E-state index contributed by atoms with van der Waals surface area (Å²) in [6.45, 7) is 3.09. The van der Waals surface area contributed by atoms with Gasteiger partial charge in [-0.05, 0) is 44.9 Å². The molecule has 1 aliphatic rings. The molecule has 8 atom stereocenters. The highest BCUT2D eigenvalue weighted by Crippen LogP contribution is 2.26. The number of amides is 1. The summed E-state index contributed by atoms with van der Waals surface area (Å²) in [4.78, 5) is 13.0. The third-order valence-electron chi connectivity index (χ3n) is 9.08. The topological polar surface area (TPSA) is 212 Å². The van der Waals surface area contributed by atoms with Crippen molar-refractivity contribution in [2.45, 2.75) is 191 Å². The highest BCUT2D eigenvalue weighted by Gasteiger charge is 2.48. The Kier molecular flexibility index (Phi) is 27.0. The maximum Gasteiger partial charge on any atom is 0.397 e. The van der Waals surface area contributed by atoms with Crippen LogP contribution in [0.4, 0.5) is 0 Å². The number of carbonyl (C=O) groups excluding carboxylic acids is 1. The Labute approximate surface area is 306 Å². The van der Waals surface area contributed by atoms with E-state index in [1.54, 1.807) is 6.08 Å². The molecule has 8 unspecified atom stereocenters. The quantitative estimate of drug-likeness (QED) is 0.0290. The number of nitrogens with one attached hydrogen (secondary N) is 1. The van der Waals surface area contributed by atoms with E-state index in [0.29, 0.717) is 12.8 Å². The number of unbranched alkanes of at least 4 members (excludes halogenated alkanes) is 16. The molecule has 1 fully saturated rings. The molecule has 1 amide bonds. The van der Waals surface area contributed by atoms with E-state index in [0.717, 1.165) is 64.2 Å². The molecule has 14 heteroatoms. The van der Waals surface area contributed by atoms with Crippen LogP contribution in [0.5, 0.6) is 0 Å². The summed E-state index contributed by atoms with van der Waals surface area (Å²) in [5, 5.41) is 54.6. The number of ether oxygens (including phenoxy) is 2. The van der Waals surface area contributed by atoms with Gasteiger partial charge in [0, 0.05) is 0 Å². The maximum atomic E-state index is 13.0. The van der Waals surface area contributed by atoms with Gasteiger partial charge in [-0.15, -0.1) is 0 Å². The molecule has 0 aliphatic carbocycles. The highest BCUT2D eigenvalue weighted by atomic mass is 32.3. The van der Waals surface area contributed by atoms with E-state index in [1.807, 2.05) is 0 Å². The lowest BCUT2D eigenvalue weighted by Crippen LogP contribution is -2.61. The first-order valence-electron chi connectivity index (χ1n) is 19.3. The molecule has 0 bridgehead atoms. The van der Waals surface area contributed by atoms with Crippen LogP contribution in [0.3, 0.4) is 0 Å². The number of aliphatic hydroxyl groups excluding tert-OH is 5. The van der Waals surface area contributed by atoms with Crippen LogP contribution in [0.15, 0.2) is 24.3 Å². The van der Waals surface area contributed by atoms with E-state index >= 15 is 0 Å². The van der Waals surface area contributed by atoms with Crippen LogP contribution in [0, 0.1) is 0 Å². The molecule has 51 heavy (non-hydrogen) atoms. The minimum absolute atomic E-state index is 0.229. The largest absolute Gasteiger partial charge is 0.397 e. The Morgan fingerprint density at radius 2 is 1.29 bits per heavy atom. The monoisotopic (exact) mass is 751 g/mol. The molecule has 13 nitrogen and oxygen atoms in total. The second-order valence-corrected chi connectivity index (χ2v) is 14.7. The molecular weight excluding hydrogens is 682 g/mol. The van der Waals surface area contributed by atoms with Gasteiger partial charge in [-0.1, -0.05) is 122 Å². The van der Waals surface area contributed by atoms with Crippen LogP contribution in [-0.4, -0.2) is 107 Å². The molecule has 300 valence electrons. The Morgan fingerprint density at radius 1 is 0.784 bits per heavy atom. The third-order valence-corrected chi connectivity index (χ3v) is 9.55. The van der Waals surface area contributed by atoms with Crippen LogP contribution in [-0.2, 0) is 28.9 Å². The van der Waals surface area contributed by atoms with E-state index in [9.17, 15) is 38.7 Å². The van der Waals surface area contributed by atoms with Crippen molar-refractivity contribution in [2.24, 2.45) is 0 Å². The van der Waals surface area contributed by atoms with Gasteiger partial charge in [0.25, 0.3) is 0 Å². The number of aliphatic hydroxyl groups is 5. The fourth-order valence-electron chi connectivity index (χ4n) is 5.92. The summed E-state index contributed by atoms with van der Waals surface area (Å²) in [5.41, 5.74) is 0. The van der Waals surface area contributed by atoms with Crippen LogP contribution < -0.4 is 5.32 Å². The normalized spacial score (nSPS) is 23.2. The molecule has 0 aromatic carbocycles. The molecule has 0 spiro atoms. The molecule has 0 aromatic rings. The molecule has 1 heterocycles. The standard InChI is InChI=1S/C37H69NO12S/c1-3-5-7-9-11-12-13-14-15-16-17-18-20-22-24-26-31(41)36(44)38-29(30(40)25-23-21-19-10-8-6-4-2)28-48-37-34(43)35(50-51(45,46)47)33(42)32(27-39)49-37/h15-16,23,25,29-35,37,39-43H,3-14,17-22,24,26-28H2,1-2H3,(H,38,44)(H,45,46,47)/b16-15-,25-23+. The SMILES string of the molecule is CCCCCCC/C=C/C(O)C(COC1OC(CO)C(O)C(OS(=O)(=O)O)C1O)NC(=O)C(O)CCCCCC/C=C\CCCCCCCCC. The smallest absolute Gasteiger partial charge is 0.394 e. The summed E-state index contributed by atoms with van der Waals surface area (Å²) in [6, 6.07) is -1.12. The van der Waals surface area contributed by atoms with Gasteiger partial charge in [-0.3, -0.25) is 9.35 Å². The Balaban J connectivity index is 2.63. The van der Waals surface area contributed by atoms with Crippen molar-refractivity contribution in [3.63, 3.8) is 0 Å². The average molecular weight is 752 g/mol. The molecule has 1 saturated heterocycles. The summed E-state index contributed by atoms with van der Waals surface area (Å²) >= 11 is 0. The van der Waals surface area contributed by atoms with Crippen molar-refractivity contribution in [1.82, 2.24) is 5.32 Å². The number of rotatable bonds is 31. The van der Waals surface area contributed by atoms with Gasteiger partial charge < -0.3 is 40.3 Å². The predicted molar refractivity (Wildman–Crippen MR) is 196 cm³/mol. The molecule has 1 aliphatic heterocycles. The van der Waals surface area contributed by atoms with Crippen molar-refractivity contribution in [3.05, 3.63) is 24.3 Å². The van der Waals surface area contributed by atoms with Crippen LogP contribution in [0.25, 0.3) is 0 Å². The fourth-order valence-corrected chi connectivity index (χ4v) is 6.43. The zero-order chi connectivity index (χ0) is 37.9. The number of hydrogen-bond donors (Lipinski definition) is 7. The van der Waals surface area contributed by atoms with Crippen molar-refractivity contribution in [1.29, 1.82) is 0 Å². The van der Waals surface area contributed by atoms with Crippen LogP contribution in [0.2, 0.25) is 0 Å². The predicted octanol–water partition coefficient (Wildman–Crippen LogP) is 4.79. The first kappa shape index (κ1) is 47.6. The first-order valence-corrected chi connectivity index (χ1v) is 20.7. The summed E-state index contributed by atoms with van der Waals surface area (Å²) in [6.07, 6.45) is 17.4. The van der Waals surface area contributed by atoms with Gasteiger partial charge in [0.1, 0.15) is 30.5 Å². The third kappa shape index (κ3) is 22.4. The molecule has 1 rings (SSSR count). The average Bonchev–Trinajstić information content (AvgIpc) is 3.09. The van der Waals surface area contributed by atoms with E-state index in [-0.39, 0.29) is 6.42 Å². The van der Waals surface area contributed by atoms with Gasteiger partial charge in [0.2, 0.25) is 5.91 Å². The second-order valence-electron chi connectivity index (χ2n) is 13.7. The zero-order valence-electron chi connectivity index (χ0n) is 31.0. The second kappa shape index (κ2) is 29.0. The van der Waals surface area contributed by atoms with Gasteiger partial charge in [0.05, 0.1) is 25.4 Å². The van der Waals surface area contributed by atoms with E-state index < -0.39 is 78.5 Å². The maximum absolute atomic E-state index is 13.0. The first-order chi connectivity index (χ1) is 24.4. The summed E-state index contributed by atoms with van der Waals surface area (Å²) in [7, 11) is -5.11. The number of allylic oxidation sites excluding steroid dienone is 3. The molecule has 0 radical (unpaired) electrons. The van der Waals surface area contributed by atoms with Gasteiger partial charge in [-0.25, -0.2) is 4.18 Å². The number of hydrogen-bond acceptors (Lipinski definition) is 11. The molecular formula is C37H69NO12S. The Morgan fingerprint density at radius 3 is 1.82 bits per heavy atom. The molecule has 7 N–H and O–H groups in total. The van der Waals surface area contributed by atoms with Gasteiger partial charge in [0.15, 0.2) is 6.29 Å². The minimum atomic E-state index is -5.11. The van der Waals surface area contributed by atoms with Crippen LogP contribution in [0.1, 0.15) is 142 Å². The van der Waals surface area contributed by atoms with E-state index in [1.165, 1.54) is 51.0 Å². The van der Waals surface area contributed by atoms with Crippen molar-refractivity contribution >= 4 is 16.3 Å². The summed E-state index contributed by atoms with van der Waals surface area (Å²) in [5.74, 6) is -0.717. The van der Waals surface area contributed by atoms with E-state index in [4.69, 9.17) is 14.0 Å². The highest BCUT2D eigenvalue weighted by molar-refractivity contribution is 7.80. The van der Waals surface area contributed by atoms with Crippen molar-refractivity contribution < 1.29 is 57.0 Å². The minimum Gasteiger partial charge on any atom is -0.394 e. The van der Waals surface area contributed by atoms with E-state index in [2.05, 4.69) is 35.5 Å². The van der Waals surface area contributed by atoms with Crippen molar-refractivity contribution in [3.8, 4) is 0 Å². The lowest BCUT2D eigenvalue weighted by Gasteiger charge is -2.41. The zero-order valence-corrected chi connectivity index (χ0v) is 31.8. The van der Waals surface area contributed by atoms with Crippen molar-refractivity contribution in [2.75, 3.05) is 13.2 Å². The number of carbonyl (C=O) groups is 1. The molecule has 0 aromatic heterocycles. The van der Waals surface area contributed by atoms with Crippen LogP contribution >= 0.6 is 0 Å². The summed E-state index contributed by atoms with van der Waals surface area (Å²) < 4.78 is 47.1. The lowest BCUT2D eigenvalue weighted by molar-refractivity contribution is -0.298. The lowest BCUT2D eigenvalue weighted by atomic mass is 9.99. The van der Waals surface area contributed by atoms with Gasteiger partial charge in [-0.2, -0.15) is 8.42 Å². The fraction of sp³-hybridized carbons (Fsp3) is 0.865. The Hall–Kier alpha value is -1.46.